The van der Waals surface area contributed by atoms with Crippen LogP contribution >= 0.6 is 11.3 Å². The first-order valence-corrected chi connectivity index (χ1v) is 5.46. The number of imidazole rings is 1. The van der Waals surface area contributed by atoms with Gasteiger partial charge >= 0.3 is 11.7 Å². The largest absolute Gasteiger partial charge is 0.465 e. The van der Waals surface area contributed by atoms with Gasteiger partial charge in [-0.15, -0.1) is 11.3 Å². The Morgan fingerprint density at radius 2 is 2.31 bits per heavy atom. The molecule has 0 unspecified atom stereocenters. The highest BCUT2D eigenvalue weighted by Gasteiger charge is 2.18. The molecule has 2 aromatic rings. The molecular formula is C10H10N2O3S. The standard InChI is InChI=1S/C10H10N2O3S/c1-6-5-16-8(9(13)15-2)7(6)12-4-3-11-10(12)14/h3-5H,1-2H3,(H,11,14). The fourth-order valence-corrected chi connectivity index (χ4v) is 2.43. The second-order valence-electron chi connectivity index (χ2n) is 3.22. The average molecular weight is 238 g/mol. The van der Waals surface area contributed by atoms with Crippen LogP contribution in [0, 0.1) is 6.92 Å². The molecule has 0 saturated carbocycles. The van der Waals surface area contributed by atoms with Gasteiger partial charge in [-0.3, -0.25) is 4.57 Å². The molecule has 0 bridgehead atoms. The number of hydrogen-bond acceptors (Lipinski definition) is 4. The predicted octanol–water partition coefficient (Wildman–Crippen LogP) is 1.32. The predicted molar refractivity (Wildman–Crippen MR) is 60.3 cm³/mol. The number of esters is 1. The van der Waals surface area contributed by atoms with Crippen molar-refractivity contribution >= 4 is 17.3 Å². The van der Waals surface area contributed by atoms with Gasteiger partial charge in [0.1, 0.15) is 4.88 Å². The number of carbonyl (C=O) groups excluding carboxylic acids is 1. The van der Waals surface area contributed by atoms with Crippen LogP contribution < -0.4 is 5.69 Å². The maximum Gasteiger partial charge on any atom is 0.350 e. The molecule has 5 nitrogen and oxygen atoms in total. The van der Waals surface area contributed by atoms with Crippen molar-refractivity contribution in [2.75, 3.05) is 7.11 Å². The molecule has 6 heteroatoms. The third-order valence-electron chi connectivity index (χ3n) is 2.20. The maximum absolute atomic E-state index is 11.5. The number of carbonyl (C=O) groups is 1. The molecule has 0 aliphatic rings. The number of ether oxygens (including phenoxy) is 1. The molecule has 0 saturated heterocycles. The first-order chi connectivity index (χ1) is 7.65. The summed E-state index contributed by atoms with van der Waals surface area (Å²) in [4.78, 5) is 26.0. The smallest absolute Gasteiger partial charge is 0.350 e. The highest BCUT2D eigenvalue weighted by Crippen LogP contribution is 2.25. The van der Waals surface area contributed by atoms with E-state index in [1.165, 1.54) is 29.2 Å². The number of methoxy groups -OCH3 is 1. The molecule has 0 spiro atoms. The number of aromatic amines is 1. The van der Waals surface area contributed by atoms with Crippen LogP contribution in [0.1, 0.15) is 15.2 Å². The lowest BCUT2D eigenvalue weighted by molar-refractivity contribution is 0.0606. The number of rotatable bonds is 2. The van der Waals surface area contributed by atoms with Crippen molar-refractivity contribution in [2.24, 2.45) is 0 Å². The highest BCUT2D eigenvalue weighted by molar-refractivity contribution is 7.12. The summed E-state index contributed by atoms with van der Waals surface area (Å²) in [5, 5.41) is 1.82. The lowest BCUT2D eigenvalue weighted by atomic mass is 10.2. The van der Waals surface area contributed by atoms with Gasteiger partial charge in [0.05, 0.1) is 12.8 Å². The first kappa shape index (κ1) is 10.7. The zero-order valence-electron chi connectivity index (χ0n) is 8.81. The van der Waals surface area contributed by atoms with Gasteiger partial charge in [0, 0.05) is 12.4 Å². The van der Waals surface area contributed by atoms with Crippen LogP contribution in [0.2, 0.25) is 0 Å². The van der Waals surface area contributed by atoms with Crippen LogP contribution in [0.5, 0.6) is 0 Å². The maximum atomic E-state index is 11.5. The van der Waals surface area contributed by atoms with Gasteiger partial charge in [-0.1, -0.05) is 0 Å². The Labute approximate surface area is 95.3 Å². The van der Waals surface area contributed by atoms with E-state index in [-0.39, 0.29) is 5.69 Å². The summed E-state index contributed by atoms with van der Waals surface area (Å²) in [6.07, 6.45) is 3.12. The van der Waals surface area contributed by atoms with Crippen LogP contribution in [0.25, 0.3) is 5.69 Å². The van der Waals surface area contributed by atoms with Crippen LogP contribution in [0.15, 0.2) is 22.6 Å². The Morgan fingerprint density at radius 3 is 2.88 bits per heavy atom. The van der Waals surface area contributed by atoms with Gasteiger partial charge in [-0.05, 0) is 17.9 Å². The second-order valence-corrected chi connectivity index (χ2v) is 4.10. The number of thiophene rings is 1. The van der Waals surface area contributed by atoms with E-state index in [0.29, 0.717) is 10.6 Å². The van der Waals surface area contributed by atoms with Crippen molar-refractivity contribution in [3.8, 4) is 5.69 Å². The second kappa shape index (κ2) is 3.97. The number of nitrogens with zero attached hydrogens (tertiary/aromatic N) is 1. The molecule has 0 amide bonds. The first-order valence-electron chi connectivity index (χ1n) is 4.58. The van der Waals surface area contributed by atoms with Gasteiger partial charge in [0.2, 0.25) is 0 Å². The molecule has 0 aliphatic heterocycles. The van der Waals surface area contributed by atoms with Crippen molar-refractivity contribution in [2.45, 2.75) is 6.92 Å². The fraction of sp³-hybridized carbons (Fsp3) is 0.200. The van der Waals surface area contributed by atoms with E-state index in [1.807, 2.05) is 12.3 Å². The average Bonchev–Trinajstić information content (AvgIpc) is 2.83. The molecule has 0 radical (unpaired) electrons. The fourth-order valence-electron chi connectivity index (χ4n) is 1.47. The molecule has 0 aromatic carbocycles. The van der Waals surface area contributed by atoms with Crippen LogP contribution in [0.4, 0.5) is 0 Å². The zero-order chi connectivity index (χ0) is 11.7. The summed E-state index contributed by atoms with van der Waals surface area (Å²) in [6.45, 7) is 1.84. The normalized spacial score (nSPS) is 10.4. The van der Waals surface area contributed by atoms with Crippen molar-refractivity contribution in [1.82, 2.24) is 9.55 Å². The molecule has 1 N–H and O–H groups in total. The van der Waals surface area contributed by atoms with E-state index in [1.54, 1.807) is 6.20 Å². The van der Waals surface area contributed by atoms with Gasteiger partial charge in [0.25, 0.3) is 0 Å². The minimum absolute atomic E-state index is 0.272. The third kappa shape index (κ3) is 1.57. The molecule has 0 atom stereocenters. The summed E-state index contributed by atoms with van der Waals surface area (Å²) < 4.78 is 6.07. The van der Waals surface area contributed by atoms with Gasteiger partial charge in [0.15, 0.2) is 0 Å². The Bertz CT molecular complexity index is 579. The zero-order valence-corrected chi connectivity index (χ0v) is 9.63. The van der Waals surface area contributed by atoms with Crippen molar-refractivity contribution in [3.05, 3.63) is 38.7 Å². The van der Waals surface area contributed by atoms with E-state index in [9.17, 15) is 9.59 Å². The summed E-state index contributed by atoms with van der Waals surface area (Å²) in [6, 6.07) is 0. The van der Waals surface area contributed by atoms with Crippen LogP contribution in [-0.4, -0.2) is 22.6 Å². The van der Waals surface area contributed by atoms with E-state index in [2.05, 4.69) is 9.72 Å². The molecule has 2 rings (SSSR count). The monoisotopic (exact) mass is 238 g/mol. The van der Waals surface area contributed by atoms with E-state index in [4.69, 9.17) is 0 Å². The lowest BCUT2D eigenvalue weighted by Gasteiger charge is -2.03. The van der Waals surface area contributed by atoms with Crippen molar-refractivity contribution in [1.29, 1.82) is 0 Å². The molecule has 84 valence electrons. The molecule has 0 fully saturated rings. The molecule has 2 heterocycles. The Balaban J connectivity index is 2.65. The van der Waals surface area contributed by atoms with E-state index >= 15 is 0 Å². The number of aromatic nitrogens is 2. The molecule has 0 aliphatic carbocycles. The number of hydrogen-bond donors (Lipinski definition) is 1. The summed E-state index contributed by atoms with van der Waals surface area (Å²) in [5.41, 5.74) is 1.18. The third-order valence-corrected chi connectivity index (χ3v) is 3.27. The van der Waals surface area contributed by atoms with Gasteiger partial charge in [-0.2, -0.15) is 0 Å². The molecule has 16 heavy (non-hydrogen) atoms. The summed E-state index contributed by atoms with van der Waals surface area (Å²) >= 11 is 1.27. The van der Waals surface area contributed by atoms with Crippen LogP contribution in [0.3, 0.4) is 0 Å². The number of aryl methyl sites for hydroxylation is 1. The molecular weight excluding hydrogens is 228 g/mol. The quantitative estimate of drug-likeness (QED) is 0.802. The van der Waals surface area contributed by atoms with Crippen LogP contribution in [-0.2, 0) is 4.74 Å². The summed E-state index contributed by atoms with van der Waals surface area (Å²) in [7, 11) is 1.32. The van der Waals surface area contributed by atoms with Gasteiger partial charge < -0.3 is 9.72 Å². The van der Waals surface area contributed by atoms with Gasteiger partial charge in [-0.25, -0.2) is 9.59 Å². The summed E-state index contributed by atoms with van der Waals surface area (Å²) in [5.74, 6) is -0.429. The SMILES string of the molecule is COC(=O)c1scc(C)c1-n1cc[nH]c1=O. The Kier molecular flexibility index (Phi) is 2.66. The number of H-pyrrole nitrogens is 1. The van der Waals surface area contributed by atoms with Crippen molar-refractivity contribution in [3.63, 3.8) is 0 Å². The molecule has 2 aromatic heterocycles. The lowest BCUT2D eigenvalue weighted by Crippen LogP contribution is -2.17. The highest BCUT2D eigenvalue weighted by atomic mass is 32.1. The minimum atomic E-state index is -0.429. The van der Waals surface area contributed by atoms with E-state index in [0.717, 1.165) is 5.56 Å². The van der Waals surface area contributed by atoms with Crippen molar-refractivity contribution < 1.29 is 9.53 Å². The Hall–Kier alpha value is -1.82. The Morgan fingerprint density at radius 1 is 1.56 bits per heavy atom. The van der Waals surface area contributed by atoms with E-state index < -0.39 is 5.97 Å². The number of nitrogens with one attached hydrogen (secondary N) is 1. The topological polar surface area (TPSA) is 64.1 Å². The minimum Gasteiger partial charge on any atom is -0.465 e.